The molecule has 2 aromatic carbocycles. The average Bonchev–Trinajstić information content (AvgIpc) is 2.46. The first-order chi connectivity index (χ1) is 10.1. The van der Waals surface area contributed by atoms with Crippen LogP contribution < -0.4 is 0 Å². The number of Topliss-reactive ketones (excluding diaryl/α,β-unsaturated/α-hetero) is 1. The van der Waals surface area contributed by atoms with Crippen LogP contribution in [0.1, 0.15) is 16.1 Å². The molecule has 0 aliphatic rings. The minimum absolute atomic E-state index is 0.0554. The van der Waals surface area contributed by atoms with Crippen molar-refractivity contribution in [3.8, 4) is 0 Å². The summed E-state index contributed by atoms with van der Waals surface area (Å²) < 4.78 is 1.76. The average molecular weight is 405 g/mol. The van der Waals surface area contributed by atoms with Gasteiger partial charge in [0.1, 0.15) is 0 Å². The van der Waals surface area contributed by atoms with Crippen molar-refractivity contribution in [1.29, 1.82) is 0 Å². The summed E-state index contributed by atoms with van der Waals surface area (Å²) in [5.74, 6) is 0.0554. The summed E-state index contributed by atoms with van der Waals surface area (Å²) in [5, 5.41) is 1.08. The number of pyridine rings is 1. The van der Waals surface area contributed by atoms with E-state index in [0.29, 0.717) is 12.0 Å². The van der Waals surface area contributed by atoms with E-state index in [1.165, 1.54) is 0 Å². The molecule has 0 amide bonds. The molecule has 1 aromatic heterocycles. The van der Waals surface area contributed by atoms with Crippen LogP contribution in [-0.2, 0) is 6.42 Å². The monoisotopic (exact) mass is 403 g/mol. The highest BCUT2D eigenvalue weighted by molar-refractivity contribution is 9.11. The first kappa shape index (κ1) is 14.4. The van der Waals surface area contributed by atoms with E-state index in [0.717, 1.165) is 25.5 Å². The molecule has 0 aliphatic heterocycles. The van der Waals surface area contributed by atoms with Gasteiger partial charge in [-0.05, 0) is 30.3 Å². The standard InChI is InChI=1S/C17H11Br2NO/c18-13-7-12(8-14(19)9-13)17(21)10-15-6-5-11-3-1-2-4-16(11)20-15/h1-9H,10H2. The third-order valence-electron chi connectivity index (χ3n) is 3.18. The van der Waals surface area contributed by atoms with E-state index in [1.807, 2.05) is 54.6 Å². The number of fused-ring (bicyclic) bond motifs is 1. The summed E-state index contributed by atoms with van der Waals surface area (Å²) in [7, 11) is 0. The Hall–Kier alpha value is -1.52. The van der Waals surface area contributed by atoms with E-state index in [4.69, 9.17) is 0 Å². The Bertz CT molecular complexity index is 810. The smallest absolute Gasteiger partial charge is 0.168 e. The number of halogens is 2. The topological polar surface area (TPSA) is 30.0 Å². The molecule has 0 radical (unpaired) electrons. The molecule has 3 rings (SSSR count). The molecular formula is C17H11Br2NO. The van der Waals surface area contributed by atoms with Gasteiger partial charge in [0.15, 0.2) is 5.78 Å². The van der Waals surface area contributed by atoms with E-state index >= 15 is 0 Å². The molecule has 0 unspecified atom stereocenters. The fourth-order valence-corrected chi connectivity index (χ4v) is 3.48. The highest BCUT2D eigenvalue weighted by Gasteiger charge is 2.10. The number of rotatable bonds is 3. The lowest BCUT2D eigenvalue weighted by molar-refractivity contribution is 0.0992. The lowest BCUT2D eigenvalue weighted by Gasteiger charge is -2.04. The Labute approximate surface area is 139 Å². The number of ketones is 1. The van der Waals surface area contributed by atoms with Gasteiger partial charge in [0, 0.05) is 25.6 Å². The van der Waals surface area contributed by atoms with E-state index in [9.17, 15) is 4.79 Å². The molecule has 0 atom stereocenters. The molecule has 1 heterocycles. The molecule has 0 fully saturated rings. The van der Waals surface area contributed by atoms with Crippen molar-refractivity contribution in [2.45, 2.75) is 6.42 Å². The van der Waals surface area contributed by atoms with Crippen LogP contribution in [0.2, 0.25) is 0 Å². The lowest BCUT2D eigenvalue weighted by Crippen LogP contribution is -2.05. The molecule has 104 valence electrons. The van der Waals surface area contributed by atoms with Crippen molar-refractivity contribution in [2.24, 2.45) is 0 Å². The van der Waals surface area contributed by atoms with Crippen LogP contribution >= 0.6 is 31.9 Å². The van der Waals surface area contributed by atoms with Gasteiger partial charge in [-0.3, -0.25) is 9.78 Å². The molecule has 2 nitrogen and oxygen atoms in total. The van der Waals surface area contributed by atoms with Crippen LogP contribution in [0, 0.1) is 0 Å². The first-order valence-electron chi connectivity index (χ1n) is 6.46. The number of hydrogen-bond acceptors (Lipinski definition) is 2. The third-order valence-corrected chi connectivity index (χ3v) is 4.10. The number of nitrogens with zero attached hydrogens (tertiary/aromatic N) is 1. The van der Waals surface area contributed by atoms with E-state index < -0.39 is 0 Å². The van der Waals surface area contributed by atoms with Crippen LogP contribution in [-0.4, -0.2) is 10.8 Å². The van der Waals surface area contributed by atoms with Crippen LogP contribution in [0.4, 0.5) is 0 Å². The number of aromatic nitrogens is 1. The maximum atomic E-state index is 12.4. The maximum Gasteiger partial charge on any atom is 0.168 e. The second kappa shape index (κ2) is 6.08. The van der Waals surface area contributed by atoms with Gasteiger partial charge in [0.2, 0.25) is 0 Å². The van der Waals surface area contributed by atoms with Gasteiger partial charge >= 0.3 is 0 Å². The summed E-state index contributed by atoms with van der Waals surface area (Å²) >= 11 is 6.80. The number of benzene rings is 2. The summed E-state index contributed by atoms with van der Waals surface area (Å²) in [5.41, 5.74) is 2.37. The predicted octanol–water partition coefficient (Wildman–Crippen LogP) is 5.19. The van der Waals surface area contributed by atoms with Crippen molar-refractivity contribution >= 4 is 48.5 Å². The summed E-state index contributed by atoms with van der Waals surface area (Å²) in [6, 6.07) is 17.4. The number of carbonyl (C=O) groups excluding carboxylic acids is 1. The largest absolute Gasteiger partial charge is 0.294 e. The minimum atomic E-state index is 0.0554. The number of hydrogen-bond donors (Lipinski definition) is 0. The lowest BCUT2D eigenvalue weighted by atomic mass is 10.1. The molecule has 4 heteroatoms. The van der Waals surface area contributed by atoms with Crippen molar-refractivity contribution in [3.05, 3.63) is 74.8 Å². The summed E-state index contributed by atoms with van der Waals surface area (Å²) in [4.78, 5) is 16.9. The zero-order valence-electron chi connectivity index (χ0n) is 11.0. The molecule has 3 aromatic rings. The van der Waals surface area contributed by atoms with Gasteiger partial charge in [-0.2, -0.15) is 0 Å². The van der Waals surface area contributed by atoms with E-state index in [2.05, 4.69) is 36.8 Å². The van der Waals surface area contributed by atoms with Crippen molar-refractivity contribution in [2.75, 3.05) is 0 Å². The first-order valence-corrected chi connectivity index (χ1v) is 8.04. The molecule has 0 saturated carbocycles. The molecule has 0 bridgehead atoms. The Morgan fingerprint density at radius 3 is 2.43 bits per heavy atom. The van der Waals surface area contributed by atoms with E-state index in [-0.39, 0.29) is 5.78 Å². The Morgan fingerprint density at radius 2 is 1.67 bits per heavy atom. The number of carbonyl (C=O) groups is 1. The maximum absolute atomic E-state index is 12.4. The summed E-state index contributed by atoms with van der Waals surface area (Å²) in [6.45, 7) is 0. The molecular weight excluding hydrogens is 394 g/mol. The van der Waals surface area contributed by atoms with Crippen LogP contribution in [0.25, 0.3) is 10.9 Å². The van der Waals surface area contributed by atoms with Gasteiger partial charge in [-0.25, -0.2) is 0 Å². The zero-order chi connectivity index (χ0) is 14.8. The SMILES string of the molecule is O=C(Cc1ccc2ccccc2n1)c1cc(Br)cc(Br)c1. The second-order valence-electron chi connectivity index (χ2n) is 4.75. The van der Waals surface area contributed by atoms with Gasteiger partial charge in [-0.15, -0.1) is 0 Å². The Kier molecular flexibility index (Phi) is 4.17. The van der Waals surface area contributed by atoms with Gasteiger partial charge in [-0.1, -0.05) is 56.1 Å². The van der Waals surface area contributed by atoms with E-state index in [1.54, 1.807) is 0 Å². The highest BCUT2D eigenvalue weighted by atomic mass is 79.9. The molecule has 0 aliphatic carbocycles. The van der Waals surface area contributed by atoms with Crippen LogP contribution in [0.3, 0.4) is 0 Å². The van der Waals surface area contributed by atoms with Crippen molar-refractivity contribution < 1.29 is 4.79 Å². The fourth-order valence-electron chi connectivity index (χ4n) is 2.19. The second-order valence-corrected chi connectivity index (χ2v) is 6.58. The van der Waals surface area contributed by atoms with Gasteiger partial charge in [0.25, 0.3) is 0 Å². The van der Waals surface area contributed by atoms with Gasteiger partial charge in [0.05, 0.1) is 11.9 Å². The van der Waals surface area contributed by atoms with Crippen molar-refractivity contribution in [1.82, 2.24) is 4.98 Å². The third kappa shape index (κ3) is 3.39. The highest BCUT2D eigenvalue weighted by Crippen LogP contribution is 2.21. The predicted molar refractivity (Wildman–Crippen MR) is 91.6 cm³/mol. The molecule has 0 saturated heterocycles. The molecule has 21 heavy (non-hydrogen) atoms. The fraction of sp³-hybridized carbons (Fsp3) is 0.0588. The Balaban J connectivity index is 1.88. The van der Waals surface area contributed by atoms with Crippen LogP contribution in [0.15, 0.2) is 63.5 Å². The summed E-state index contributed by atoms with van der Waals surface area (Å²) in [6.07, 6.45) is 0.299. The van der Waals surface area contributed by atoms with Gasteiger partial charge < -0.3 is 0 Å². The molecule has 0 N–H and O–H groups in total. The van der Waals surface area contributed by atoms with Crippen molar-refractivity contribution in [3.63, 3.8) is 0 Å². The minimum Gasteiger partial charge on any atom is -0.294 e. The Morgan fingerprint density at radius 1 is 0.952 bits per heavy atom. The molecule has 0 spiro atoms. The zero-order valence-corrected chi connectivity index (χ0v) is 14.2. The quantitative estimate of drug-likeness (QED) is 0.562. The normalized spacial score (nSPS) is 10.8. The number of para-hydroxylation sites is 1. The van der Waals surface area contributed by atoms with Crippen LogP contribution in [0.5, 0.6) is 0 Å².